The minimum absolute atomic E-state index is 0.0286. The number of amides is 1. The topological polar surface area (TPSA) is 111 Å². The summed E-state index contributed by atoms with van der Waals surface area (Å²) in [5.41, 5.74) is 0. The number of ether oxygens (including phenoxy) is 1. The Kier molecular flexibility index (Phi) is 44.9. The molecule has 0 bridgehead atoms. The zero-order valence-electron chi connectivity index (χ0n) is 43.9. The number of phosphoric ester groups is 1. The number of likely N-dealkylation sites (N-methyl/N-ethyl adjacent to an activating group) is 1. The molecular formula is C57H102N2O7P+. The Bertz CT molecular complexity index is 1430. The lowest BCUT2D eigenvalue weighted by Crippen LogP contribution is -2.47. The van der Waals surface area contributed by atoms with Crippen molar-refractivity contribution in [2.75, 3.05) is 40.9 Å². The third-order valence-electron chi connectivity index (χ3n) is 11.3. The van der Waals surface area contributed by atoms with Crippen molar-refractivity contribution < 1.29 is 37.3 Å². The summed E-state index contributed by atoms with van der Waals surface area (Å²) in [6.45, 7) is 6.73. The van der Waals surface area contributed by atoms with E-state index in [1.165, 1.54) is 64.2 Å². The highest BCUT2D eigenvalue weighted by Gasteiger charge is 2.30. The number of nitrogens with zero attached hydrogens (tertiary/aromatic N) is 1. The number of carbonyl (C=O) groups excluding carboxylic acids is 2. The highest BCUT2D eigenvalue weighted by molar-refractivity contribution is 7.47. The van der Waals surface area contributed by atoms with Crippen LogP contribution in [0.25, 0.3) is 0 Å². The molecule has 1 amide bonds. The van der Waals surface area contributed by atoms with Gasteiger partial charge in [-0.25, -0.2) is 4.57 Å². The molecule has 0 radical (unpaired) electrons. The van der Waals surface area contributed by atoms with Crippen molar-refractivity contribution in [2.24, 2.45) is 0 Å². The summed E-state index contributed by atoms with van der Waals surface area (Å²) in [6.07, 6.45) is 60.1. The predicted octanol–water partition coefficient (Wildman–Crippen LogP) is 15.9. The second kappa shape index (κ2) is 46.9. The van der Waals surface area contributed by atoms with E-state index in [9.17, 15) is 19.0 Å². The summed E-state index contributed by atoms with van der Waals surface area (Å²) >= 11 is 0. The van der Waals surface area contributed by atoms with Crippen molar-refractivity contribution in [1.82, 2.24) is 5.32 Å². The van der Waals surface area contributed by atoms with E-state index >= 15 is 0 Å². The number of carbonyl (C=O) groups is 2. The third kappa shape index (κ3) is 48.0. The normalized spacial score (nSPS) is 14.6. The van der Waals surface area contributed by atoms with Gasteiger partial charge in [0, 0.05) is 12.8 Å². The maximum absolute atomic E-state index is 13.4. The lowest BCUT2D eigenvalue weighted by atomic mass is 10.1. The zero-order chi connectivity index (χ0) is 49.4. The molecule has 386 valence electrons. The second-order valence-corrected chi connectivity index (χ2v) is 20.4. The fraction of sp³-hybridized carbons (Fsp3) is 0.719. The Labute approximate surface area is 412 Å². The summed E-state index contributed by atoms with van der Waals surface area (Å²) in [4.78, 5) is 37.5. The van der Waals surface area contributed by atoms with Crippen LogP contribution in [0.1, 0.15) is 213 Å². The van der Waals surface area contributed by atoms with Crippen molar-refractivity contribution in [3.63, 3.8) is 0 Å². The molecule has 0 rings (SSSR count). The summed E-state index contributed by atoms with van der Waals surface area (Å²) in [5.74, 6) is -0.559. The van der Waals surface area contributed by atoms with E-state index in [-0.39, 0.29) is 37.9 Å². The molecule has 0 aliphatic rings. The van der Waals surface area contributed by atoms with Gasteiger partial charge < -0.3 is 19.4 Å². The number of allylic oxidation sites excluding steroid dienone is 13. The van der Waals surface area contributed by atoms with E-state index in [2.05, 4.69) is 99.0 Å². The lowest BCUT2D eigenvalue weighted by Gasteiger charge is -2.27. The predicted molar refractivity (Wildman–Crippen MR) is 286 cm³/mol. The number of hydrogen-bond donors (Lipinski definition) is 2. The molecule has 9 nitrogen and oxygen atoms in total. The second-order valence-electron chi connectivity index (χ2n) is 19.0. The van der Waals surface area contributed by atoms with Gasteiger partial charge in [0.25, 0.3) is 0 Å². The monoisotopic (exact) mass is 958 g/mol. The van der Waals surface area contributed by atoms with Crippen LogP contribution >= 0.6 is 7.82 Å². The van der Waals surface area contributed by atoms with Crippen LogP contribution in [0.4, 0.5) is 0 Å². The first-order valence-electron chi connectivity index (χ1n) is 26.9. The van der Waals surface area contributed by atoms with Crippen LogP contribution in [-0.4, -0.2) is 74.3 Å². The molecule has 0 aliphatic carbocycles. The van der Waals surface area contributed by atoms with Crippen molar-refractivity contribution >= 4 is 19.7 Å². The quantitative estimate of drug-likeness (QED) is 0.0205. The fourth-order valence-electron chi connectivity index (χ4n) is 7.20. The molecule has 0 aliphatic heterocycles. The molecule has 0 heterocycles. The van der Waals surface area contributed by atoms with Gasteiger partial charge in [0.2, 0.25) is 5.91 Å². The Morgan fingerprint density at radius 3 is 1.45 bits per heavy atom. The molecular weight excluding hydrogens is 856 g/mol. The van der Waals surface area contributed by atoms with Crippen LogP contribution in [0.2, 0.25) is 0 Å². The van der Waals surface area contributed by atoms with E-state index < -0.39 is 20.0 Å². The van der Waals surface area contributed by atoms with Gasteiger partial charge in [0.15, 0.2) is 0 Å². The first kappa shape index (κ1) is 64.2. The number of rotatable bonds is 47. The molecule has 0 saturated carbocycles. The molecule has 2 N–H and O–H groups in total. The van der Waals surface area contributed by atoms with Crippen LogP contribution < -0.4 is 5.32 Å². The summed E-state index contributed by atoms with van der Waals surface area (Å²) in [6, 6.07) is -0.870. The lowest BCUT2D eigenvalue weighted by molar-refractivity contribution is -0.870. The first-order valence-corrected chi connectivity index (χ1v) is 28.4. The molecule has 3 atom stereocenters. The highest BCUT2D eigenvalue weighted by atomic mass is 31.2. The molecule has 3 unspecified atom stereocenters. The van der Waals surface area contributed by atoms with E-state index in [1.807, 2.05) is 33.3 Å². The van der Waals surface area contributed by atoms with Gasteiger partial charge in [0.05, 0.1) is 33.8 Å². The number of nitrogens with one attached hydrogen (secondary N) is 1. The Hall–Kier alpha value is -2.81. The maximum atomic E-state index is 13.4. The molecule has 0 fully saturated rings. The number of unbranched alkanes of at least 4 members (excludes halogenated alkanes) is 19. The van der Waals surface area contributed by atoms with E-state index in [1.54, 1.807) is 0 Å². The minimum Gasteiger partial charge on any atom is -0.456 e. The smallest absolute Gasteiger partial charge is 0.456 e. The minimum atomic E-state index is -4.45. The standard InChI is InChI=1S/C57H101N2O7P/c1-7-10-13-16-19-22-25-27-29-30-31-34-37-40-43-46-49-56(60)58-54(53-65-67(62,63)64-52-51-59(4,5)6)55(48-45-42-39-36-33-24-21-18-15-12-9-3)66-57(61)50-47-44-41-38-35-32-28-26-23-20-17-14-11-8-2/h10-11,13-14,19-20,22-23,27,29,31,34,45,48,54-55H,7-9,12,15-18,21,24-26,28,30,32-33,35-44,46-47,49-53H2,1-6H3,(H-,58,60,62,63)/p+1/b13-10+,14-11+,22-19+,23-20+,29-27+,34-31+,48-45+. The average Bonchev–Trinajstić information content (AvgIpc) is 3.28. The molecule has 0 aromatic carbocycles. The Morgan fingerprint density at radius 2 is 0.955 bits per heavy atom. The SMILES string of the molecule is CC/C=C/C/C=C/C/C=C/C/C=C/CCCCCC(=O)NC(COP(=O)(O)OCC[N+](C)(C)C)C(/C=C/CCCCCCCCCCC)OC(=O)CCCCCCCCC/C=C/C/C=C/CC. The highest BCUT2D eigenvalue weighted by Crippen LogP contribution is 2.43. The van der Waals surface area contributed by atoms with Gasteiger partial charge in [-0.2, -0.15) is 0 Å². The first-order chi connectivity index (χ1) is 32.4. The van der Waals surface area contributed by atoms with Crippen molar-refractivity contribution in [2.45, 2.75) is 226 Å². The largest absolute Gasteiger partial charge is 0.472 e. The van der Waals surface area contributed by atoms with Crippen LogP contribution in [0.15, 0.2) is 85.1 Å². The number of hydrogen-bond acceptors (Lipinski definition) is 6. The van der Waals surface area contributed by atoms with Crippen molar-refractivity contribution in [1.29, 1.82) is 0 Å². The fourth-order valence-corrected chi connectivity index (χ4v) is 7.94. The van der Waals surface area contributed by atoms with Gasteiger partial charge in [-0.3, -0.25) is 18.6 Å². The molecule has 67 heavy (non-hydrogen) atoms. The van der Waals surface area contributed by atoms with E-state index in [4.69, 9.17) is 13.8 Å². The average molecular weight is 958 g/mol. The van der Waals surface area contributed by atoms with Gasteiger partial charge >= 0.3 is 13.8 Å². The Morgan fingerprint density at radius 1 is 0.537 bits per heavy atom. The molecule has 0 spiro atoms. The van der Waals surface area contributed by atoms with Gasteiger partial charge in [0.1, 0.15) is 19.3 Å². The maximum Gasteiger partial charge on any atom is 0.472 e. The summed E-state index contributed by atoms with van der Waals surface area (Å²) < 4.78 is 30.5. The Balaban J connectivity index is 5.45. The number of quaternary nitrogens is 1. The zero-order valence-corrected chi connectivity index (χ0v) is 44.8. The summed E-state index contributed by atoms with van der Waals surface area (Å²) in [7, 11) is 1.46. The number of phosphoric acid groups is 1. The van der Waals surface area contributed by atoms with Gasteiger partial charge in [-0.05, 0) is 96.0 Å². The summed E-state index contributed by atoms with van der Waals surface area (Å²) in [5, 5.41) is 3.02. The molecule has 0 aromatic heterocycles. The van der Waals surface area contributed by atoms with Crippen LogP contribution in [0.3, 0.4) is 0 Å². The van der Waals surface area contributed by atoms with Gasteiger partial charge in [-0.1, -0.05) is 190 Å². The number of esters is 1. The van der Waals surface area contributed by atoms with E-state index in [0.29, 0.717) is 17.4 Å². The van der Waals surface area contributed by atoms with Crippen molar-refractivity contribution in [3.05, 3.63) is 85.1 Å². The molecule has 10 heteroatoms. The van der Waals surface area contributed by atoms with Crippen LogP contribution in [-0.2, 0) is 27.9 Å². The molecule has 0 aromatic rings. The van der Waals surface area contributed by atoms with Gasteiger partial charge in [-0.15, -0.1) is 0 Å². The van der Waals surface area contributed by atoms with Crippen LogP contribution in [0.5, 0.6) is 0 Å². The van der Waals surface area contributed by atoms with E-state index in [0.717, 1.165) is 109 Å². The van der Waals surface area contributed by atoms with Crippen LogP contribution in [0, 0.1) is 0 Å². The third-order valence-corrected chi connectivity index (χ3v) is 12.3. The van der Waals surface area contributed by atoms with Crippen molar-refractivity contribution in [3.8, 4) is 0 Å². The molecule has 0 saturated heterocycles.